The van der Waals surface area contributed by atoms with Crippen LogP contribution in [0.4, 0.5) is 4.79 Å². The molecule has 1 aromatic carbocycles. The van der Waals surface area contributed by atoms with Crippen molar-refractivity contribution in [3.63, 3.8) is 0 Å². The number of rotatable bonds is 8. The number of unbranched alkanes of at least 4 members (excludes halogenated alkanes) is 1. The second-order valence-electron chi connectivity index (χ2n) is 4.48. The Labute approximate surface area is 138 Å². The Kier molecular flexibility index (Phi) is 14.8. The minimum atomic E-state index is -0.382. The molecule has 1 amide bonds. The summed E-state index contributed by atoms with van der Waals surface area (Å²) in [5.41, 5.74) is 12.1. The first-order chi connectivity index (χ1) is 9.22. The van der Waals surface area contributed by atoms with Gasteiger partial charge in [-0.3, -0.25) is 0 Å². The zero-order valence-corrected chi connectivity index (χ0v) is 13.6. The molecule has 0 saturated heterocycles. The van der Waals surface area contributed by atoms with E-state index in [9.17, 15) is 4.79 Å². The molecule has 7 heteroatoms. The molecular formula is C14H25Cl2N3O2. The van der Waals surface area contributed by atoms with E-state index in [1.54, 1.807) is 0 Å². The van der Waals surface area contributed by atoms with Gasteiger partial charge in [-0.25, -0.2) is 4.79 Å². The van der Waals surface area contributed by atoms with E-state index in [1.807, 2.05) is 30.3 Å². The van der Waals surface area contributed by atoms with Crippen molar-refractivity contribution in [1.82, 2.24) is 5.32 Å². The van der Waals surface area contributed by atoms with Gasteiger partial charge >= 0.3 is 6.09 Å². The highest BCUT2D eigenvalue weighted by Gasteiger charge is 2.02. The van der Waals surface area contributed by atoms with Crippen LogP contribution in [-0.2, 0) is 11.3 Å². The number of halogens is 2. The van der Waals surface area contributed by atoms with Gasteiger partial charge in [0.2, 0.25) is 0 Å². The quantitative estimate of drug-likeness (QED) is 0.634. The van der Waals surface area contributed by atoms with Crippen molar-refractivity contribution in [2.75, 3.05) is 13.1 Å². The van der Waals surface area contributed by atoms with Crippen LogP contribution in [0.3, 0.4) is 0 Å². The van der Waals surface area contributed by atoms with Gasteiger partial charge in [-0.05, 0) is 18.4 Å². The van der Waals surface area contributed by atoms with Crippen molar-refractivity contribution in [3.05, 3.63) is 35.9 Å². The number of alkyl carbamates (subject to hydrolysis) is 1. The predicted octanol–water partition coefficient (Wildman–Crippen LogP) is 2.21. The molecule has 0 heterocycles. The molecule has 0 bridgehead atoms. The van der Waals surface area contributed by atoms with Crippen LogP contribution in [0.25, 0.3) is 0 Å². The third-order valence-corrected chi connectivity index (χ3v) is 2.79. The van der Waals surface area contributed by atoms with E-state index in [2.05, 4.69) is 5.32 Å². The van der Waals surface area contributed by atoms with Crippen molar-refractivity contribution < 1.29 is 9.53 Å². The van der Waals surface area contributed by atoms with Gasteiger partial charge in [-0.2, -0.15) is 0 Å². The van der Waals surface area contributed by atoms with E-state index in [1.165, 1.54) is 0 Å². The number of carbonyl (C=O) groups excluding carboxylic acids is 1. The van der Waals surface area contributed by atoms with Crippen molar-refractivity contribution >= 4 is 30.9 Å². The lowest BCUT2D eigenvalue weighted by molar-refractivity contribution is 0.139. The van der Waals surface area contributed by atoms with Crippen LogP contribution in [0.15, 0.2) is 30.3 Å². The van der Waals surface area contributed by atoms with Crippen LogP contribution in [0, 0.1) is 0 Å². The van der Waals surface area contributed by atoms with Crippen LogP contribution in [0.1, 0.15) is 24.8 Å². The molecule has 21 heavy (non-hydrogen) atoms. The normalized spacial score (nSPS) is 10.8. The minimum absolute atomic E-state index is 0. The van der Waals surface area contributed by atoms with Crippen molar-refractivity contribution in [1.29, 1.82) is 0 Å². The maximum Gasteiger partial charge on any atom is 0.407 e. The summed E-state index contributed by atoms with van der Waals surface area (Å²) < 4.78 is 5.08. The van der Waals surface area contributed by atoms with E-state index < -0.39 is 0 Å². The number of nitrogens with one attached hydrogen (secondary N) is 1. The summed E-state index contributed by atoms with van der Waals surface area (Å²) in [5, 5.41) is 2.71. The molecule has 0 fully saturated rings. The molecule has 1 atom stereocenters. The van der Waals surface area contributed by atoms with E-state index in [4.69, 9.17) is 16.2 Å². The fourth-order valence-electron chi connectivity index (χ4n) is 1.61. The maximum atomic E-state index is 11.4. The third-order valence-electron chi connectivity index (χ3n) is 2.79. The highest BCUT2D eigenvalue weighted by molar-refractivity contribution is 5.85. The Morgan fingerprint density at radius 2 is 1.86 bits per heavy atom. The second kappa shape index (κ2) is 13.9. The van der Waals surface area contributed by atoms with Crippen LogP contribution < -0.4 is 16.8 Å². The lowest BCUT2D eigenvalue weighted by Gasteiger charge is -2.09. The smallest absolute Gasteiger partial charge is 0.407 e. The van der Waals surface area contributed by atoms with Crippen molar-refractivity contribution in [2.45, 2.75) is 31.9 Å². The molecule has 5 nitrogen and oxygen atoms in total. The van der Waals surface area contributed by atoms with Gasteiger partial charge in [-0.1, -0.05) is 36.8 Å². The molecule has 0 aliphatic heterocycles. The number of ether oxygens (including phenoxy) is 1. The Hall–Kier alpha value is -1.01. The van der Waals surface area contributed by atoms with Crippen LogP contribution in [0.5, 0.6) is 0 Å². The molecular weight excluding hydrogens is 313 g/mol. The number of benzene rings is 1. The molecule has 0 spiro atoms. The van der Waals surface area contributed by atoms with Gasteiger partial charge in [0.15, 0.2) is 0 Å². The molecule has 5 N–H and O–H groups in total. The second-order valence-corrected chi connectivity index (χ2v) is 4.48. The zero-order valence-electron chi connectivity index (χ0n) is 12.0. The number of amides is 1. The van der Waals surface area contributed by atoms with Gasteiger partial charge in [0.1, 0.15) is 6.61 Å². The monoisotopic (exact) mass is 337 g/mol. The summed E-state index contributed by atoms with van der Waals surface area (Å²) in [5.74, 6) is 0. The summed E-state index contributed by atoms with van der Waals surface area (Å²) in [6, 6.07) is 9.65. The molecule has 1 rings (SSSR count). The van der Waals surface area contributed by atoms with E-state index >= 15 is 0 Å². The fraction of sp³-hybridized carbons (Fsp3) is 0.500. The lowest BCUT2D eigenvalue weighted by Crippen LogP contribution is -2.30. The van der Waals surface area contributed by atoms with E-state index in [0.29, 0.717) is 19.7 Å². The number of carbonyl (C=O) groups is 1. The van der Waals surface area contributed by atoms with Crippen molar-refractivity contribution in [2.24, 2.45) is 11.5 Å². The zero-order chi connectivity index (χ0) is 13.9. The third kappa shape index (κ3) is 11.3. The molecule has 0 aliphatic rings. The van der Waals surface area contributed by atoms with Gasteiger partial charge in [0.05, 0.1) is 0 Å². The number of hydrogen-bond donors (Lipinski definition) is 3. The van der Waals surface area contributed by atoms with Gasteiger partial charge in [0.25, 0.3) is 0 Å². The Morgan fingerprint density at radius 1 is 1.19 bits per heavy atom. The average molecular weight is 338 g/mol. The maximum absolute atomic E-state index is 11.4. The first-order valence-electron chi connectivity index (χ1n) is 6.62. The van der Waals surface area contributed by atoms with Gasteiger partial charge in [0, 0.05) is 19.1 Å². The Morgan fingerprint density at radius 3 is 2.48 bits per heavy atom. The SMILES string of the molecule is Cl.Cl.NC[C@@H](N)CCCCNC(=O)OCc1ccccc1. The standard InChI is InChI=1S/C14H23N3O2.2ClH/c15-10-13(16)8-4-5-9-17-14(18)19-11-12-6-2-1-3-7-12;;/h1-3,6-7,13H,4-5,8-11,15-16H2,(H,17,18);2*1H/t13-;;/m0../s1. The molecule has 0 saturated carbocycles. The minimum Gasteiger partial charge on any atom is -0.445 e. The summed E-state index contributed by atoms with van der Waals surface area (Å²) in [4.78, 5) is 11.4. The number of hydrogen-bond acceptors (Lipinski definition) is 4. The Balaban J connectivity index is 0. The average Bonchev–Trinajstić information content (AvgIpc) is 2.45. The first-order valence-corrected chi connectivity index (χ1v) is 6.62. The highest BCUT2D eigenvalue weighted by atomic mass is 35.5. The highest BCUT2D eigenvalue weighted by Crippen LogP contribution is 2.01. The van der Waals surface area contributed by atoms with E-state index in [0.717, 1.165) is 24.8 Å². The molecule has 0 unspecified atom stereocenters. The fourth-order valence-corrected chi connectivity index (χ4v) is 1.61. The van der Waals surface area contributed by atoms with Crippen LogP contribution in [-0.4, -0.2) is 25.2 Å². The molecule has 122 valence electrons. The summed E-state index contributed by atoms with van der Waals surface area (Å²) in [7, 11) is 0. The number of nitrogens with two attached hydrogens (primary N) is 2. The Bertz CT molecular complexity index is 366. The van der Waals surface area contributed by atoms with Crippen LogP contribution >= 0.6 is 24.8 Å². The summed E-state index contributed by atoms with van der Waals surface area (Å²) in [6.07, 6.45) is 2.34. The molecule has 0 radical (unpaired) electrons. The van der Waals surface area contributed by atoms with Crippen molar-refractivity contribution in [3.8, 4) is 0 Å². The molecule has 1 aromatic rings. The summed E-state index contributed by atoms with van der Waals surface area (Å²) >= 11 is 0. The molecule has 0 aromatic heterocycles. The van der Waals surface area contributed by atoms with Crippen LogP contribution in [0.2, 0.25) is 0 Å². The predicted molar refractivity (Wildman–Crippen MR) is 90.0 cm³/mol. The summed E-state index contributed by atoms with van der Waals surface area (Å²) in [6.45, 7) is 1.40. The topological polar surface area (TPSA) is 90.4 Å². The largest absolute Gasteiger partial charge is 0.445 e. The lowest BCUT2D eigenvalue weighted by atomic mass is 10.1. The molecule has 0 aliphatic carbocycles. The first kappa shape index (κ1) is 22.3. The van der Waals surface area contributed by atoms with Gasteiger partial charge < -0.3 is 21.5 Å². The van der Waals surface area contributed by atoms with Gasteiger partial charge in [-0.15, -0.1) is 24.8 Å². The van der Waals surface area contributed by atoms with E-state index in [-0.39, 0.29) is 36.9 Å².